The lowest BCUT2D eigenvalue weighted by atomic mass is 10.1. The summed E-state index contributed by atoms with van der Waals surface area (Å²) < 4.78 is 0. The predicted molar refractivity (Wildman–Crippen MR) is 55.7 cm³/mol. The van der Waals surface area contributed by atoms with Crippen LogP contribution in [0.15, 0.2) is 12.4 Å². The normalized spacial score (nSPS) is 11.8. The minimum atomic E-state index is 0. The maximum Gasteiger partial charge on any atom is 0.219 e. The van der Waals surface area contributed by atoms with E-state index in [1.165, 1.54) is 0 Å². The fourth-order valence-corrected chi connectivity index (χ4v) is 0.917. The summed E-state index contributed by atoms with van der Waals surface area (Å²) in [5.74, 6) is 0.309. The van der Waals surface area contributed by atoms with Crippen LogP contribution in [0.1, 0.15) is 18.9 Å². The molecule has 1 aromatic rings. The highest BCUT2D eigenvalue weighted by molar-refractivity contribution is 5.85. The number of anilines is 1. The van der Waals surface area contributed by atoms with Crippen molar-refractivity contribution in [3.05, 3.63) is 18.0 Å². The zero-order valence-electron chi connectivity index (χ0n) is 7.60. The number of nitrogens with two attached hydrogens (primary N) is 2. The van der Waals surface area contributed by atoms with E-state index in [0.717, 1.165) is 18.4 Å². The van der Waals surface area contributed by atoms with E-state index in [1.54, 1.807) is 12.4 Å². The molecular weight excluding hydrogens is 188 g/mol. The maximum atomic E-state index is 5.76. The summed E-state index contributed by atoms with van der Waals surface area (Å²) in [5, 5.41) is 0. The molecule has 1 rings (SSSR count). The van der Waals surface area contributed by atoms with Crippen LogP contribution < -0.4 is 11.5 Å². The number of rotatable bonds is 3. The molecule has 0 fully saturated rings. The van der Waals surface area contributed by atoms with Gasteiger partial charge in [-0.05, 0) is 18.4 Å². The van der Waals surface area contributed by atoms with Crippen LogP contribution in [0.5, 0.6) is 0 Å². The molecule has 0 radical (unpaired) electrons. The average Bonchev–Trinajstić information content (AvgIpc) is 2.09. The summed E-state index contributed by atoms with van der Waals surface area (Å²) in [7, 11) is 0. The highest BCUT2D eigenvalue weighted by atomic mass is 35.5. The van der Waals surface area contributed by atoms with Crippen LogP contribution in [0.3, 0.4) is 0 Å². The van der Waals surface area contributed by atoms with Gasteiger partial charge in [0.15, 0.2) is 0 Å². The van der Waals surface area contributed by atoms with E-state index in [2.05, 4.69) is 16.9 Å². The van der Waals surface area contributed by atoms with Crippen LogP contribution in [-0.4, -0.2) is 16.0 Å². The lowest BCUT2D eigenvalue weighted by Crippen LogP contribution is -2.21. The largest absolute Gasteiger partial charge is 0.368 e. The van der Waals surface area contributed by atoms with Crippen molar-refractivity contribution >= 4 is 18.4 Å². The van der Waals surface area contributed by atoms with Crippen LogP contribution in [0.4, 0.5) is 5.95 Å². The molecule has 0 aliphatic carbocycles. The molecule has 0 aliphatic rings. The third-order valence-corrected chi connectivity index (χ3v) is 1.75. The third kappa shape index (κ3) is 4.05. The number of nitrogen functional groups attached to an aromatic ring is 1. The van der Waals surface area contributed by atoms with Crippen molar-refractivity contribution in [3.8, 4) is 0 Å². The van der Waals surface area contributed by atoms with Crippen LogP contribution in [0, 0.1) is 0 Å². The van der Waals surface area contributed by atoms with Gasteiger partial charge in [-0.2, -0.15) is 0 Å². The first kappa shape index (κ1) is 12.1. The standard InChI is InChI=1S/C8H14N4.ClH/c1-2-7(9)3-6-4-11-8(10)12-5-6;/h4-5,7H,2-3,9H2,1H3,(H2,10,11,12);1H. The molecule has 0 saturated heterocycles. The van der Waals surface area contributed by atoms with Gasteiger partial charge in [-0.15, -0.1) is 12.4 Å². The Hall–Kier alpha value is -0.870. The zero-order valence-corrected chi connectivity index (χ0v) is 8.42. The van der Waals surface area contributed by atoms with Gasteiger partial charge in [-0.3, -0.25) is 0 Å². The Morgan fingerprint density at radius 3 is 2.38 bits per heavy atom. The number of halogens is 1. The third-order valence-electron chi connectivity index (χ3n) is 1.75. The summed E-state index contributed by atoms with van der Waals surface area (Å²) in [6, 6.07) is 0.192. The molecule has 1 aromatic heterocycles. The van der Waals surface area contributed by atoms with Crippen molar-refractivity contribution in [2.45, 2.75) is 25.8 Å². The lowest BCUT2D eigenvalue weighted by Gasteiger charge is -2.06. The quantitative estimate of drug-likeness (QED) is 0.759. The van der Waals surface area contributed by atoms with Gasteiger partial charge in [-0.25, -0.2) is 9.97 Å². The maximum absolute atomic E-state index is 5.76. The predicted octanol–water partition coefficient (Wildman–Crippen LogP) is 0.760. The molecule has 4 nitrogen and oxygen atoms in total. The second kappa shape index (κ2) is 5.72. The number of aromatic nitrogens is 2. The van der Waals surface area contributed by atoms with E-state index in [1.807, 2.05) is 0 Å². The zero-order chi connectivity index (χ0) is 8.97. The highest BCUT2D eigenvalue weighted by Gasteiger charge is 2.01. The van der Waals surface area contributed by atoms with Gasteiger partial charge >= 0.3 is 0 Å². The monoisotopic (exact) mass is 202 g/mol. The Labute approximate surface area is 84.2 Å². The van der Waals surface area contributed by atoms with Crippen molar-refractivity contribution in [1.82, 2.24) is 9.97 Å². The summed E-state index contributed by atoms with van der Waals surface area (Å²) in [6.07, 6.45) is 5.22. The fraction of sp³-hybridized carbons (Fsp3) is 0.500. The van der Waals surface area contributed by atoms with E-state index >= 15 is 0 Å². The second-order valence-corrected chi connectivity index (χ2v) is 2.82. The molecule has 0 spiro atoms. The van der Waals surface area contributed by atoms with Crippen LogP contribution in [-0.2, 0) is 6.42 Å². The molecule has 5 heteroatoms. The molecule has 1 atom stereocenters. The minimum Gasteiger partial charge on any atom is -0.368 e. The lowest BCUT2D eigenvalue weighted by molar-refractivity contribution is 0.643. The summed E-state index contributed by atoms with van der Waals surface area (Å²) in [5.41, 5.74) is 12.1. The van der Waals surface area contributed by atoms with Gasteiger partial charge in [0, 0.05) is 18.4 Å². The number of hydrogen-bond donors (Lipinski definition) is 2. The average molecular weight is 203 g/mol. The summed E-state index contributed by atoms with van der Waals surface area (Å²) >= 11 is 0. The van der Waals surface area contributed by atoms with E-state index in [9.17, 15) is 0 Å². The topological polar surface area (TPSA) is 77.8 Å². The fourth-order valence-electron chi connectivity index (χ4n) is 0.917. The Kier molecular flexibility index (Phi) is 5.34. The van der Waals surface area contributed by atoms with Gasteiger partial charge in [0.25, 0.3) is 0 Å². The van der Waals surface area contributed by atoms with Crippen molar-refractivity contribution < 1.29 is 0 Å². The van der Waals surface area contributed by atoms with Crippen molar-refractivity contribution in [1.29, 1.82) is 0 Å². The van der Waals surface area contributed by atoms with Crippen molar-refractivity contribution in [3.63, 3.8) is 0 Å². The molecule has 74 valence electrons. The molecule has 1 unspecified atom stereocenters. The Bertz CT molecular complexity index is 236. The van der Waals surface area contributed by atoms with E-state index in [0.29, 0.717) is 5.95 Å². The second-order valence-electron chi connectivity index (χ2n) is 2.82. The van der Waals surface area contributed by atoms with Crippen LogP contribution in [0.25, 0.3) is 0 Å². The van der Waals surface area contributed by atoms with Crippen molar-refractivity contribution in [2.75, 3.05) is 5.73 Å². The molecule has 0 bridgehead atoms. The minimum absolute atomic E-state index is 0. The van der Waals surface area contributed by atoms with Gasteiger partial charge in [-0.1, -0.05) is 6.92 Å². The van der Waals surface area contributed by atoms with Gasteiger partial charge in [0.05, 0.1) is 0 Å². The van der Waals surface area contributed by atoms with E-state index in [4.69, 9.17) is 11.5 Å². The van der Waals surface area contributed by atoms with E-state index in [-0.39, 0.29) is 18.4 Å². The Morgan fingerprint density at radius 1 is 1.38 bits per heavy atom. The first-order valence-electron chi connectivity index (χ1n) is 4.04. The molecule has 1 heterocycles. The van der Waals surface area contributed by atoms with Gasteiger partial charge in [0.1, 0.15) is 0 Å². The molecule has 0 aliphatic heterocycles. The Morgan fingerprint density at radius 2 is 1.92 bits per heavy atom. The SMILES string of the molecule is CCC(N)Cc1cnc(N)nc1.Cl. The first-order valence-corrected chi connectivity index (χ1v) is 4.04. The highest BCUT2D eigenvalue weighted by Crippen LogP contribution is 2.01. The molecular formula is C8H15ClN4. The molecule has 0 saturated carbocycles. The van der Waals surface area contributed by atoms with Crippen LogP contribution >= 0.6 is 12.4 Å². The Balaban J connectivity index is 0.00000144. The van der Waals surface area contributed by atoms with Crippen LogP contribution in [0.2, 0.25) is 0 Å². The smallest absolute Gasteiger partial charge is 0.219 e. The molecule has 0 aromatic carbocycles. The summed E-state index contributed by atoms with van der Waals surface area (Å²) in [4.78, 5) is 7.76. The molecule has 4 N–H and O–H groups in total. The van der Waals surface area contributed by atoms with Gasteiger partial charge in [0.2, 0.25) is 5.95 Å². The molecule has 0 amide bonds. The number of nitrogens with zero attached hydrogens (tertiary/aromatic N) is 2. The van der Waals surface area contributed by atoms with Crippen molar-refractivity contribution in [2.24, 2.45) is 5.73 Å². The number of hydrogen-bond acceptors (Lipinski definition) is 4. The molecule has 13 heavy (non-hydrogen) atoms. The van der Waals surface area contributed by atoms with E-state index < -0.39 is 0 Å². The first-order chi connectivity index (χ1) is 5.72. The van der Waals surface area contributed by atoms with Gasteiger partial charge < -0.3 is 11.5 Å². The summed E-state index contributed by atoms with van der Waals surface area (Å²) in [6.45, 7) is 2.06.